The molecule has 1 heterocycles. The molecule has 2 amide bonds. The minimum absolute atomic E-state index is 0.000352. The first-order valence-electron chi connectivity index (χ1n) is 8.05. The molecule has 1 fully saturated rings. The minimum Gasteiger partial charge on any atom is -0.351 e. The number of hydrogen-bond acceptors (Lipinski definition) is 4. The number of rotatable bonds is 6. The molecule has 0 aliphatic heterocycles. The molecular weight excluding hydrogens is 292 g/mol. The summed E-state index contributed by atoms with van der Waals surface area (Å²) in [6, 6.07) is 5.20. The second-order valence-corrected chi connectivity index (χ2v) is 5.83. The maximum Gasteiger partial charge on any atom is 0.251 e. The molecule has 0 aromatic carbocycles. The van der Waals surface area contributed by atoms with Crippen LogP contribution in [0, 0.1) is 23.2 Å². The SMILES string of the molecule is N#CCNC(=O)C(CNC(=O)c1ccncc1)C1CCCCC1. The van der Waals surface area contributed by atoms with Gasteiger partial charge < -0.3 is 10.6 Å². The molecule has 122 valence electrons. The van der Waals surface area contributed by atoms with Crippen molar-refractivity contribution in [2.24, 2.45) is 11.8 Å². The zero-order valence-electron chi connectivity index (χ0n) is 13.1. The standard InChI is InChI=1S/C17H22N4O2/c18-8-11-20-17(23)15(13-4-2-1-3-5-13)12-21-16(22)14-6-9-19-10-7-14/h6-7,9-10,13,15H,1-5,11-12H2,(H,20,23)(H,21,22). The lowest BCUT2D eigenvalue weighted by atomic mass is 9.79. The Morgan fingerprint density at radius 1 is 1.22 bits per heavy atom. The summed E-state index contributed by atoms with van der Waals surface area (Å²) >= 11 is 0. The molecule has 1 unspecified atom stereocenters. The molecule has 0 spiro atoms. The lowest BCUT2D eigenvalue weighted by Gasteiger charge is -2.29. The van der Waals surface area contributed by atoms with Crippen LogP contribution >= 0.6 is 0 Å². The van der Waals surface area contributed by atoms with E-state index < -0.39 is 0 Å². The summed E-state index contributed by atoms with van der Waals surface area (Å²) < 4.78 is 0. The van der Waals surface area contributed by atoms with Gasteiger partial charge in [-0.3, -0.25) is 14.6 Å². The zero-order valence-corrected chi connectivity index (χ0v) is 13.1. The van der Waals surface area contributed by atoms with Crippen LogP contribution in [0.15, 0.2) is 24.5 Å². The molecule has 1 atom stereocenters. The molecule has 23 heavy (non-hydrogen) atoms. The number of nitriles is 1. The van der Waals surface area contributed by atoms with Crippen molar-refractivity contribution >= 4 is 11.8 Å². The second-order valence-electron chi connectivity index (χ2n) is 5.83. The molecule has 1 aliphatic rings. The number of nitrogens with one attached hydrogen (secondary N) is 2. The van der Waals surface area contributed by atoms with Crippen LogP contribution in [0.5, 0.6) is 0 Å². The van der Waals surface area contributed by atoms with Gasteiger partial charge in [0.15, 0.2) is 0 Å². The molecule has 6 nitrogen and oxygen atoms in total. The van der Waals surface area contributed by atoms with Crippen LogP contribution < -0.4 is 10.6 Å². The number of pyridine rings is 1. The van der Waals surface area contributed by atoms with Crippen LogP contribution in [-0.4, -0.2) is 29.9 Å². The van der Waals surface area contributed by atoms with Gasteiger partial charge in [-0.15, -0.1) is 0 Å². The third kappa shape index (κ3) is 5.06. The Labute approximate surface area is 136 Å². The lowest BCUT2D eigenvalue weighted by molar-refractivity contribution is -0.126. The first-order valence-corrected chi connectivity index (χ1v) is 8.05. The molecule has 0 saturated heterocycles. The monoisotopic (exact) mass is 314 g/mol. The normalized spacial score (nSPS) is 16.1. The zero-order chi connectivity index (χ0) is 16.5. The van der Waals surface area contributed by atoms with E-state index in [1.54, 1.807) is 24.5 Å². The summed E-state index contributed by atoms with van der Waals surface area (Å²) in [6.45, 7) is 0.295. The molecule has 1 aliphatic carbocycles. The molecule has 1 aromatic heterocycles. The molecule has 2 N–H and O–H groups in total. The second kappa shape index (κ2) is 8.89. The first kappa shape index (κ1) is 16.9. The maximum atomic E-state index is 12.3. The Balaban J connectivity index is 1.97. The van der Waals surface area contributed by atoms with Crippen LogP contribution in [0.3, 0.4) is 0 Å². The summed E-state index contributed by atoms with van der Waals surface area (Å²) in [7, 11) is 0. The van der Waals surface area contributed by atoms with Crippen molar-refractivity contribution in [2.45, 2.75) is 32.1 Å². The molecule has 1 aromatic rings. The van der Waals surface area contributed by atoms with Crippen molar-refractivity contribution in [3.63, 3.8) is 0 Å². The first-order chi connectivity index (χ1) is 11.2. The van der Waals surface area contributed by atoms with Gasteiger partial charge in [-0.1, -0.05) is 19.3 Å². The highest BCUT2D eigenvalue weighted by atomic mass is 16.2. The Kier molecular flexibility index (Phi) is 6.55. The number of carbonyl (C=O) groups is 2. The predicted octanol–water partition coefficient (Wildman–Crippen LogP) is 1.65. The van der Waals surface area contributed by atoms with Crippen LogP contribution in [0.1, 0.15) is 42.5 Å². The van der Waals surface area contributed by atoms with Crippen molar-refractivity contribution in [2.75, 3.05) is 13.1 Å². The molecule has 1 saturated carbocycles. The lowest BCUT2D eigenvalue weighted by Crippen LogP contribution is -2.43. The molecule has 6 heteroatoms. The van der Waals surface area contributed by atoms with Crippen molar-refractivity contribution < 1.29 is 9.59 Å². The van der Waals surface area contributed by atoms with Gasteiger partial charge in [-0.05, 0) is 30.9 Å². The fraction of sp³-hybridized carbons (Fsp3) is 0.529. The number of carbonyl (C=O) groups excluding carboxylic acids is 2. The third-order valence-corrected chi connectivity index (χ3v) is 4.32. The van der Waals surface area contributed by atoms with Crippen LogP contribution in [0.25, 0.3) is 0 Å². The average Bonchev–Trinajstić information content (AvgIpc) is 2.61. The topological polar surface area (TPSA) is 94.9 Å². The van der Waals surface area contributed by atoms with Crippen LogP contribution in [-0.2, 0) is 4.79 Å². The quantitative estimate of drug-likeness (QED) is 0.780. The number of hydrogen-bond donors (Lipinski definition) is 2. The summed E-state index contributed by atoms with van der Waals surface area (Å²) in [5.74, 6) is -0.371. The van der Waals surface area contributed by atoms with Crippen LogP contribution in [0.4, 0.5) is 0 Å². The van der Waals surface area contributed by atoms with Gasteiger partial charge in [0.25, 0.3) is 5.91 Å². The fourth-order valence-electron chi connectivity index (χ4n) is 3.08. The van der Waals surface area contributed by atoms with Crippen LogP contribution in [0.2, 0.25) is 0 Å². The highest BCUT2D eigenvalue weighted by Crippen LogP contribution is 2.30. The summed E-state index contributed by atoms with van der Waals surface area (Å²) in [4.78, 5) is 28.4. The predicted molar refractivity (Wildman–Crippen MR) is 85.3 cm³/mol. The van der Waals surface area contributed by atoms with E-state index >= 15 is 0 Å². The van der Waals surface area contributed by atoms with Crippen molar-refractivity contribution in [1.82, 2.24) is 15.6 Å². The average molecular weight is 314 g/mol. The van der Waals surface area contributed by atoms with E-state index in [0.29, 0.717) is 12.1 Å². The Morgan fingerprint density at radius 2 is 1.91 bits per heavy atom. The fourth-order valence-corrected chi connectivity index (χ4v) is 3.08. The van der Waals surface area contributed by atoms with E-state index in [0.717, 1.165) is 25.7 Å². The maximum absolute atomic E-state index is 12.3. The highest BCUT2D eigenvalue weighted by molar-refractivity contribution is 5.94. The van der Waals surface area contributed by atoms with E-state index in [-0.39, 0.29) is 30.2 Å². The van der Waals surface area contributed by atoms with Crippen molar-refractivity contribution in [1.29, 1.82) is 5.26 Å². The smallest absolute Gasteiger partial charge is 0.251 e. The molecule has 0 radical (unpaired) electrons. The molecular formula is C17H22N4O2. The summed E-state index contributed by atoms with van der Waals surface area (Å²) in [5.41, 5.74) is 0.528. The summed E-state index contributed by atoms with van der Waals surface area (Å²) in [6.07, 6.45) is 8.55. The summed E-state index contributed by atoms with van der Waals surface area (Å²) in [5, 5.41) is 14.1. The number of amides is 2. The van der Waals surface area contributed by atoms with Gasteiger partial charge in [0.1, 0.15) is 6.54 Å². The van der Waals surface area contributed by atoms with Gasteiger partial charge in [-0.25, -0.2) is 0 Å². The van der Waals surface area contributed by atoms with Gasteiger partial charge in [-0.2, -0.15) is 5.26 Å². The molecule has 0 bridgehead atoms. The van der Waals surface area contributed by atoms with E-state index in [4.69, 9.17) is 5.26 Å². The third-order valence-electron chi connectivity index (χ3n) is 4.32. The van der Waals surface area contributed by atoms with E-state index in [2.05, 4.69) is 15.6 Å². The largest absolute Gasteiger partial charge is 0.351 e. The van der Waals surface area contributed by atoms with Crippen molar-refractivity contribution in [3.8, 4) is 6.07 Å². The Hall–Kier alpha value is -2.42. The van der Waals surface area contributed by atoms with Gasteiger partial charge in [0, 0.05) is 24.5 Å². The Bertz CT molecular complexity index is 562. The minimum atomic E-state index is -0.283. The number of aromatic nitrogens is 1. The van der Waals surface area contributed by atoms with E-state index in [1.807, 2.05) is 6.07 Å². The highest BCUT2D eigenvalue weighted by Gasteiger charge is 2.29. The van der Waals surface area contributed by atoms with E-state index in [1.165, 1.54) is 6.42 Å². The number of nitrogens with zero attached hydrogens (tertiary/aromatic N) is 2. The van der Waals surface area contributed by atoms with E-state index in [9.17, 15) is 9.59 Å². The molecule has 2 rings (SSSR count). The van der Waals surface area contributed by atoms with Gasteiger partial charge in [0.2, 0.25) is 5.91 Å². The van der Waals surface area contributed by atoms with Gasteiger partial charge >= 0.3 is 0 Å². The van der Waals surface area contributed by atoms with Gasteiger partial charge in [0.05, 0.1) is 12.0 Å². The van der Waals surface area contributed by atoms with Crippen molar-refractivity contribution in [3.05, 3.63) is 30.1 Å². The Morgan fingerprint density at radius 3 is 2.57 bits per heavy atom.